The third-order valence-corrected chi connectivity index (χ3v) is 7.06. The van der Waals surface area contributed by atoms with Crippen LogP contribution in [0.5, 0.6) is 5.75 Å². The maximum absolute atomic E-state index is 13.0. The number of nitrogens with zero attached hydrogens (tertiary/aromatic N) is 1. The van der Waals surface area contributed by atoms with E-state index >= 15 is 0 Å². The Morgan fingerprint density at radius 2 is 1.75 bits per heavy atom. The lowest BCUT2D eigenvalue weighted by Crippen LogP contribution is -2.70. The van der Waals surface area contributed by atoms with E-state index in [1.54, 1.807) is 31.0 Å². The first kappa shape index (κ1) is 27.9. The van der Waals surface area contributed by atoms with Gasteiger partial charge in [0.25, 0.3) is 5.91 Å². The molecule has 0 aliphatic carbocycles. The Bertz CT molecular complexity index is 1100. The molecule has 2 aromatic rings. The van der Waals surface area contributed by atoms with Gasteiger partial charge in [-0.05, 0) is 35.3 Å². The van der Waals surface area contributed by atoms with Crippen molar-refractivity contribution in [1.82, 2.24) is 10.2 Å². The molecule has 36 heavy (non-hydrogen) atoms. The second-order valence-electron chi connectivity index (χ2n) is 7.95. The van der Waals surface area contributed by atoms with Crippen LogP contribution in [0.2, 0.25) is 0 Å². The zero-order chi connectivity index (χ0) is 26.1. The van der Waals surface area contributed by atoms with Crippen molar-refractivity contribution in [3.05, 3.63) is 77.0 Å². The van der Waals surface area contributed by atoms with Gasteiger partial charge >= 0.3 is 5.97 Å². The van der Waals surface area contributed by atoms with Crippen LogP contribution in [0.25, 0.3) is 0 Å². The third kappa shape index (κ3) is 6.75. The van der Waals surface area contributed by atoms with Gasteiger partial charge in [-0.25, -0.2) is 4.79 Å². The molecule has 0 radical (unpaired) electrons. The fourth-order valence-corrected chi connectivity index (χ4v) is 5.34. The summed E-state index contributed by atoms with van der Waals surface area (Å²) in [5.74, 6) is 0.322. The largest absolute Gasteiger partial charge is 0.497 e. The van der Waals surface area contributed by atoms with E-state index in [1.165, 1.54) is 4.90 Å². The fraction of sp³-hybridized carbons (Fsp3) is 0.346. The minimum Gasteiger partial charge on any atom is -0.497 e. The van der Waals surface area contributed by atoms with Crippen LogP contribution in [0, 0.1) is 0 Å². The van der Waals surface area contributed by atoms with Gasteiger partial charge in [-0.15, -0.1) is 35.0 Å². The van der Waals surface area contributed by atoms with Gasteiger partial charge in [0.15, 0.2) is 0 Å². The number of fused-ring (bicyclic) bond motifs is 1. The van der Waals surface area contributed by atoms with Gasteiger partial charge in [-0.3, -0.25) is 14.5 Å². The van der Waals surface area contributed by atoms with Crippen LogP contribution < -0.4 is 10.1 Å². The van der Waals surface area contributed by atoms with E-state index in [9.17, 15) is 14.4 Å². The summed E-state index contributed by atoms with van der Waals surface area (Å²) in [4.78, 5) is 39.9. The van der Waals surface area contributed by atoms with Gasteiger partial charge in [0, 0.05) is 5.75 Å². The van der Waals surface area contributed by atoms with E-state index < -0.39 is 12.0 Å². The number of alkyl halides is 2. The van der Waals surface area contributed by atoms with Crippen LogP contribution >= 0.6 is 35.0 Å². The number of hydrogen-bond acceptors (Lipinski definition) is 6. The molecule has 0 saturated carbocycles. The molecule has 2 heterocycles. The van der Waals surface area contributed by atoms with Gasteiger partial charge in [0.2, 0.25) is 5.91 Å². The molecule has 2 atom stereocenters. The van der Waals surface area contributed by atoms with E-state index in [1.807, 2.05) is 49.4 Å². The van der Waals surface area contributed by atoms with Crippen LogP contribution in [0.4, 0.5) is 0 Å². The molecule has 2 aliphatic rings. The Balaban J connectivity index is 0.00000115. The molecule has 192 valence electrons. The first-order valence-corrected chi connectivity index (χ1v) is 13.5. The number of halogens is 2. The fourth-order valence-electron chi connectivity index (χ4n) is 3.89. The average molecular weight is 551 g/mol. The molecule has 0 aromatic heterocycles. The van der Waals surface area contributed by atoms with Gasteiger partial charge in [-0.2, -0.15) is 0 Å². The van der Waals surface area contributed by atoms with Gasteiger partial charge < -0.3 is 14.8 Å². The number of β-lactam (4-membered cyclic amide) rings is 1. The molecule has 2 unspecified atom stereocenters. The number of thioether (sulfide) groups is 1. The minimum absolute atomic E-state index is 0.0976. The van der Waals surface area contributed by atoms with Crippen molar-refractivity contribution in [1.29, 1.82) is 0 Å². The normalized spacial score (nSPS) is 18.3. The average Bonchev–Trinajstić information content (AvgIpc) is 2.90. The zero-order valence-electron chi connectivity index (χ0n) is 20.0. The molecular weight excluding hydrogens is 523 g/mol. The summed E-state index contributed by atoms with van der Waals surface area (Å²) in [5, 5.41) is 2.72. The van der Waals surface area contributed by atoms with E-state index in [0.29, 0.717) is 17.9 Å². The molecule has 1 saturated heterocycles. The van der Waals surface area contributed by atoms with Gasteiger partial charge in [0.05, 0.1) is 18.9 Å². The van der Waals surface area contributed by atoms with Crippen molar-refractivity contribution in [2.24, 2.45) is 0 Å². The van der Waals surface area contributed by atoms with Crippen LogP contribution in [-0.2, 0) is 32.1 Å². The number of nitrogens with one attached hydrogen (secondary N) is 1. The summed E-state index contributed by atoms with van der Waals surface area (Å²) >= 11 is 11.1. The Morgan fingerprint density at radius 3 is 2.36 bits per heavy atom. The first-order chi connectivity index (χ1) is 17.4. The molecule has 2 aliphatic heterocycles. The first-order valence-electron chi connectivity index (χ1n) is 11.3. The Labute approximate surface area is 225 Å². The lowest BCUT2D eigenvalue weighted by Gasteiger charge is -2.49. The lowest BCUT2D eigenvalue weighted by molar-refractivity contribution is -0.153. The summed E-state index contributed by atoms with van der Waals surface area (Å²) in [5.41, 5.74) is 2.89. The maximum Gasteiger partial charge on any atom is 0.355 e. The lowest BCUT2D eigenvalue weighted by atomic mass is 10.0. The standard InChI is InChI=1S/C25H26N2O5S.CH2Cl2/c1-3-18-15-33-24-21(26-20(28)13-16-7-5-4-6-8-16)23(29)27(24)22(18)25(30)32-14-17-9-11-19(31-2)12-10-17;2-1-3/h4-12,21,24H,3,13-15H2,1-2H3,(H,26,28);1H2. The minimum atomic E-state index is -0.644. The highest BCUT2D eigenvalue weighted by molar-refractivity contribution is 8.00. The highest BCUT2D eigenvalue weighted by atomic mass is 35.5. The van der Waals surface area contributed by atoms with Crippen LogP contribution in [0.15, 0.2) is 65.9 Å². The smallest absolute Gasteiger partial charge is 0.355 e. The van der Waals surface area contributed by atoms with Crippen LogP contribution in [0.1, 0.15) is 24.5 Å². The highest BCUT2D eigenvalue weighted by Gasteiger charge is 2.54. The van der Waals surface area contributed by atoms with Crippen LogP contribution in [-0.4, -0.2) is 52.3 Å². The van der Waals surface area contributed by atoms with Crippen molar-refractivity contribution in [3.8, 4) is 5.75 Å². The second kappa shape index (κ2) is 13.6. The number of hydrogen-bond donors (Lipinski definition) is 1. The molecule has 2 amide bonds. The van der Waals surface area contributed by atoms with Crippen molar-refractivity contribution < 1.29 is 23.9 Å². The second-order valence-corrected chi connectivity index (χ2v) is 9.86. The molecule has 1 N–H and O–H groups in total. The SMILES string of the molecule is CCC1=C(C(=O)OCc2ccc(OC)cc2)N2C(=O)C(NC(=O)Cc3ccccc3)C2SC1.ClCCl. The van der Waals surface area contributed by atoms with Crippen molar-refractivity contribution >= 4 is 52.7 Å². The molecule has 2 aromatic carbocycles. The molecule has 10 heteroatoms. The molecule has 4 rings (SSSR count). The summed E-state index contributed by atoms with van der Waals surface area (Å²) in [6.07, 6.45) is 0.844. The summed E-state index contributed by atoms with van der Waals surface area (Å²) in [6.45, 7) is 2.05. The Hall–Kier alpha value is -2.68. The molecule has 1 fully saturated rings. The highest BCUT2D eigenvalue weighted by Crippen LogP contribution is 2.41. The number of carbonyl (C=O) groups is 3. The van der Waals surface area contributed by atoms with E-state index in [2.05, 4.69) is 5.32 Å². The van der Waals surface area contributed by atoms with Crippen molar-refractivity contribution in [2.45, 2.75) is 37.8 Å². The van der Waals surface area contributed by atoms with Crippen molar-refractivity contribution in [2.75, 3.05) is 18.2 Å². The number of amides is 2. The zero-order valence-corrected chi connectivity index (χ0v) is 22.4. The summed E-state index contributed by atoms with van der Waals surface area (Å²) < 4.78 is 10.7. The summed E-state index contributed by atoms with van der Waals surface area (Å²) in [6, 6.07) is 16.0. The Morgan fingerprint density at radius 1 is 1.08 bits per heavy atom. The predicted octanol–water partition coefficient (Wildman–Crippen LogP) is 4.47. The number of benzene rings is 2. The molecule has 7 nitrogen and oxygen atoms in total. The summed E-state index contributed by atoms with van der Waals surface area (Å²) in [7, 11) is 1.59. The number of esters is 1. The maximum atomic E-state index is 13.0. The number of methoxy groups -OCH3 is 1. The van der Waals surface area contributed by atoms with E-state index in [-0.39, 0.29) is 35.6 Å². The van der Waals surface area contributed by atoms with Gasteiger partial charge in [0.1, 0.15) is 29.5 Å². The third-order valence-electron chi connectivity index (χ3n) is 5.72. The van der Waals surface area contributed by atoms with Crippen molar-refractivity contribution in [3.63, 3.8) is 0 Å². The molecule has 0 spiro atoms. The number of rotatable bonds is 8. The van der Waals surface area contributed by atoms with Gasteiger partial charge in [-0.1, -0.05) is 49.4 Å². The number of ether oxygens (including phenoxy) is 2. The number of carbonyl (C=O) groups excluding carboxylic acids is 3. The predicted molar refractivity (Wildman–Crippen MR) is 142 cm³/mol. The van der Waals surface area contributed by atoms with E-state index in [0.717, 1.165) is 22.4 Å². The monoisotopic (exact) mass is 550 g/mol. The molecular formula is C26H28Cl2N2O5S. The van der Waals surface area contributed by atoms with Crippen LogP contribution in [0.3, 0.4) is 0 Å². The van der Waals surface area contributed by atoms with E-state index in [4.69, 9.17) is 32.7 Å². The Kier molecular flexibility index (Phi) is 10.5. The molecule has 0 bridgehead atoms. The quantitative estimate of drug-likeness (QED) is 0.296. The topological polar surface area (TPSA) is 84.9 Å².